The molecule has 0 aliphatic carbocycles. The Morgan fingerprint density at radius 2 is 1.91 bits per heavy atom. The maximum Gasteiger partial charge on any atom is 0.127 e. The molecule has 0 saturated carbocycles. The molecule has 2 heterocycles. The standard InChI is InChI=1S/C17H19BrN4/c1-11-7-8-19-9-13(11)12-5-6-14-16(15(12)18)20-21-22(14)10-17(2,3)4/h5-9H,10H2,1-4H3. The minimum atomic E-state index is 0.158. The second-order valence-electron chi connectivity index (χ2n) is 6.79. The Bertz CT molecular complexity index is 830. The van der Waals surface area contributed by atoms with Gasteiger partial charge in [-0.15, -0.1) is 5.10 Å². The van der Waals surface area contributed by atoms with E-state index in [2.05, 4.69) is 71.1 Å². The van der Waals surface area contributed by atoms with E-state index in [-0.39, 0.29) is 5.41 Å². The highest BCUT2D eigenvalue weighted by molar-refractivity contribution is 9.10. The molecule has 22 heavy (non-hydrogen) atoms. The van der Waals surface area contributed by atoms with Crippen molar-refractivity contribution in [3.63, 3.8) is 0 Å². The molecule has 0 aliphatic heterocycles. The van der Waals surface area contributed by atoms with Crippen molar-refractivity contribution in [1.82, 2.24) is 20.0 Å². The van der Waals surface area contributed by atoms with Gasteiger partial charge in [0.25, 0.3) is 0 Å². The highest BCUT2D eigenvalue weighted by atomic mass is 79.9. The molecule has 2 aromatic heterocycles. The predicted octanol–water partition coefficient (Wildman–Crippen LogP) is 4.61. The summed E-state index contributed by atoms with van der Waals surface area (Å²) in [5.41, 5.74) is 5.50. The molecule has 5 heteroatoms. The zero-order valence-electron chi connectivity index (χ0n) is 13.3. The maximum absolute atomic E-state index is 4.36. The molecule has 0 unspecified atom stereocenters. The number of rotatable bonds is 2. The van der Waals surface area contributed by atoms with Gasteiger partial charge < -0.3 is 0 Å². The van der Waals surface area contributed by atoms with Gasteiger partial charge in [0.2, 0.25) is 0 Å². The fourth-order valence-electron chi connectivity index (χ4n) is 2.52. The second kappa shape index (κ2) is 5.47. The molecule has 0 bridgehead atoms. The monoisotopic (exact) mass is 358 g/mol. The van der Waals surface area contributed by atoms with Crippen molar-refractivity contribution in [2.24, 2.45) is 5.41 Å². The van der Waals surface area contributed by atoms with E-state index in [0.717, 1.165) is 33.2 Å². The Morgan fingerprint density at radius 1 is 1.14 bits per heavy atom. The first-order valence-electron chi connectivity index (χ1n) is 7.29. The third kappa shape index (κ3) is 2.77. The molecule has 0 atom stereocenters. The normalized spacial score (nSPS) is 12.0. The lowest BCUT2D eigenvalue weighted by atomic mass is 9.97. The van der Waals surface area contributed by atoms with Crippen LogP contribution in [0, 0.1) is 12.3 Å². The molecule has 0 spiro atoms. The van der Waals surface area contributed by atoms with Gasteiger partial charge in [0.1, 0.15) is 5.52 Å². The molecule has 4 nitrogen and oxygen atoms in total. The van der Waals surface area contributed by atoms with E-state index < -0.39 is 0 Å². The molecule has 0 saturated heterocycles. The minimum absolute atomic E-state index is 0.158. The largest absolute Gasteiger partial charge is 0.264 e. The molecule has 1 aromatic carbocycles. The lowest BCUT2D eigenvalue weighted by Crippen LogP contribution is -2.16. The van der Waals surface area contributed by atoms with Crippen molar-refractivity contribution in [2.45, 2.75) is 34.2 Å². The SMILES string of the molecule is Cc1ccncc1-c1ccc2c(nnn2CC(C)(C)C)c1Br. The van der Waals surface area contributed by atoms with Crippen LogP contribution < -0.4 is 0 Å². The fourth-order valence-corrected chi connectivity index (χ4v) is 3.15. The summed E-state index contributed by atoms with van der Waals surface area (Å²) in [7, 11) is 0. The lowest BCUT2D eigenvalue weighted by molar-refractivity contribution is 0.327. The number of nitrogens with zero attached hydrogens (tertiary/aromatic N) is 4. The van der Waals surface area contributed by atoms with E-state index in [9.17, 15) is 0 Å². The van der Waals surface area contributed by atoms with Crippen LogP contribution in [0.2, 0.25) is 0 Å². The van der Waals surface area contributed by atoms with Crippen LogP contribution >= 0.6 is 15.9 Å². The van der Waals surface area contributed by atoms with Crippen molar-refractivity contribution in [2.75, 3.05) is 0 Å². The zero-order valence-corrected chi connectivity index (χ0v) is 14.8. The van der Waals surface area contributed by atoms with Gasteiger partial charge in [0, 0.05) is 30.1 Å². The smallest absolute Gasteiger partial charge is 0.127 e. The topological polar surface area (TPSA) is 43.6 Å². The third-order valence-electron chi connectivity index (χ3n) is 3.58. The Kier molecular flexibility index (Phi) is 3.77. The van der Waals surface area contributed by atoms with Gasteiger partial charge in [-0.3, -0.25) is 4.98 Å². The van der Waals surface area contributed by atoms with Gasteiger partial charge in [-0.05, 0) is 46.0 Å². The summed E-state index contributed by atoms with van der Waals surface area (Å²) in [6, 6.07) is 6.22. The van der Waals surface area contributed by atoms with Crippen molar-refractivity contribution in [1.29, 1.82) is 0 Å². The molecular weight excluding hydrogens is 340 g/mol. The van der Waals surface area contributed by atoms with Gasteiger partial charge in [-0.1, -0.05) is 32.1 Å². The zero-order chi connectivity index (χ0) is 15.9. The summed E-state index contributed by atoms with van der Waals surface area (Å²) in [6.07, 6.45) is 3.70. The van der Waals surface area contributed by atoms with Crippen molar-refractivity contribution >= 4 is 27.0 Å². The maximum atomic E-state index is 4.36. The lowest BCUT2D eigenvalue weighted by Gasteiger charge is -2.18. The predicted molar refractivity (Wildman–Crippen MR) is 92.7 cm³/mol. The van der Waals surface area contributed by atoms with Gasteiger partial charge in [0.15, 0.2) is 0 Å². The fraction of sp³-hybridized carbons (Fsp3) is 0.353. The van der Waals surface area contributed by atoms with Crippen LogP contribution in [-0.2, 0) is 6.54 Å². The summed E-state index contributed by atoms with van der Waals surface area (Å²) in [4.78, 5) is 4.23. The van der Waals surface area contributed by atoms with E-state index in [4.69, 9.17) is 0 Å². The Labute approximate surface area is 138 Å². The quantitative estimate of drug-likeness (QED) is 0.671. The van der Waals surface area contributed by atoms with Crippen LogP contribution in [0.15, 0.2) is 35.1 Å². The van der Waals surface area contributed by atoms with Crippen LogP contribution in [0.5, 0.6) is 0 Å². The van der Waals surface area contributed by atoms with Crippen LogP contribution in [-0.4, -0.2) is 20.0 Å². The molecule has 0 amide bonds. The summed E-state index contributed by atoms with van der Waals surface area (Å²) in [6.45, 7) is 9.51. The van der Waals surface area contributed by atoms with Crippen LogP contribution in [0.25, 0.3) is 22.2 Å². The van der Waals surface area contributed by atoms with Crippen LogP contribution in [0.3, 0.4) is 0 Å². The van der Waals surface area contributed by atoms with Crippen molar-refractivity contribution in [3.05, 3.63) is 40.6 Å². The molecule has 0 radical (unpaired) electrons. The molecular formula is C17H19BrN4. The highest BCUT2D eigenvalue weighted by Crippen LogP contribution is 2.35. The number of halogens is 1. The van der Waals surface area contributed by atoms with E-state index in [1.54, 1.807) is 0 Å². The number of benzene rings is 1. The average Bonchev–Trinajstić information content (AvgIpc) is 2.82. The van der Waals surface area contributed by atoms with E-state index in [1.165, 1.54) is 5.56 Å². The third-order valence-corrected chi connectivity index (χ3v) is 4.38. The molecule has 0 aliphatic rings. The Morgan fingerprint density at radius 3 is 2.59 bits per heavy atom. The van der Waals surface area contributed by atoms with E-state index in [1.807, 2.05) is 23.1 Å². The Balaban J connectivity index is 2.14. The number of aryl methyl sites for hydroxylation is 1. The molecule has 0 N–H and O–H groups in total. The average molecular weight is 359 g/mol. The van der Waals surface area contributed by atoms with Crippen LogP contribution in [0.4, 0.5) is 0 Å². The van der Waals surface area contributed by atoms with Crippen molar-refractivity contribution < 1.29 is 0 Å². The first-order chi connectivity index (χ1) is 10.4. The van der Waals surface area contributed by atoms with Gasteiger partial charge in [0.05, 0.1) is 9.99 Å². The summed E-state index contributed by atoms with van der Waals surface area (Å²) < 4.78 is 2.95. The number of fused-ring (bicyclic) bond motifs is 1. The highest BCUT2D eigenvalue weighted by Gasteiger charge is 2.17. The molecule has 114 valence electrons. The van der Waals surface area contributed by atoms with Gasteiger partial charge in [-0.2, -0.15) is 0 Å². The van der Waals surface area contributed by atoms with E-state index in [0.29, 0.717) is 0 Å². The number of aromatic nitrogens is 4. The first-order valence-corrected chi connectivity index (χ1v) is 8.09. The van der Waals surface area contributed by atoms with Gasteiger partial charge in [-0.25, -0.2) is 4.68 Å². The first kappa shape index (κ1) is 15.2. The molecule has 3 aromatic rings. The number of hydrogen-bond acceptors (Lipinski definition) is 3. The van der Waals surface area contributed by atoms with Gasteiger partial charge >= 0.3 is 0 Å². The molecule has 0 fully saturated rings. The number of hydrogen-bond donors (Lipinski definition) is 0. The summed E-state index contributed by atoms with van der Waals surface area (Å²) >= 11 is 3.70. The van der Waals surface area contributed by atoms with Crippen LogP contribution in [0.1, 0.15) is 26.3 Å². The minimum Gasteiger partial charge on any atom is -0.264 e. The molecule has 3 rings (SSSR count). The van der Waals surface area contributed by atoms with Crippen molar-refractivity contribution in [3.8, 4) is 11.1 Å². The number of pyridine rings is 1. The Hall–Kier alpha value is -1.75. The summed E-state index contributed by atoms with van der Waals surface area (Å²) in [5.74, 6) is 0. The summed E-state index contributed by atoms with van der Waals surface area (Å²) in [5, 5.41) is 8.68. The second-order valence-corrected chi connectivity index (χ2v) is 7.59. The van der Waals surface area contributed by atoms with E-state index >= 15 is 0 Å².